The zero-order valence-electron chi connectivity index (χ0n) is 19.7. The Morgan fingerprint density at radius 1 is 1.16 bits per heavy atom. The molecule has 0 aliphatic rings. The molecule has 3 atom stereocenters. The van der Waals surface area contributed by atoms with E-state index in [1.54, 1.807) is 6.33 Å². The van der Waals surface area contributed by atoms with Crippen LogP contribution in [-0.4, -0.2) is 33.5 Å². The summed E-state index contributed by atoms with van der Waals surface area (Å²) < 4.78 is 7.53. The van der Waals surface area contributed by atoms with Crippen molar-refractivity contribution in [3.05, 3.63) is 53.1 Å². The Bertz CT molecular complexity index is 904. The van der Waals surface area contributed by atoms with Gasteiger partial charge in [-0.25, -0.2) is 9.78 Å². The molecule has 1 aromatic carbocycles. The van der Waals surface area contributed by atoms with E-state index in [4.69, 9.17) is 10.5 Å². The van der Waals surface area contributed by atoms with Gasteiger partial charge in [-0.3, -0.25) is 4.79 Å². The number of aromatic nitrogens is 2. The molecule has 170 valence electrons. The molecule has 2 unspecified atom stereocenters. The van der Waals surface area contributed by atoms with E-state index in [0.29, 0.717) is 0 Å². The van der Waals surface area contributed by atoms with Crippen LogP contribution < -0.4 is 11.1 Å². The molecule has 31 heavy (non-hydrogen) atoms. The van der Waals surface area contributed by atoms with E-state index in [1.165, 1.54) is 0 Å². The van der Waals surface area contributed by atoms with Crippen molar-refractivity contribution in [1.82, 2.24) is 14.9 Å². The lowest BCUT2D eigenvalue weighted by Gasteiger charge is -2.24. The molecule has 2 aromatic rings. The van der Waals surface area contributed by atoms with Gasteiger partial charge in [0.1, 0.15) is 12.6 Å². The van der Waals surface area contributed by atoms with Crippen molar-refractivity contribution in [2.75, 3.05) is 0 Å². The molecule has 0 fully saturated rings. The highest BCUT2D eigenvalue weighted by atomic mass is 16.5. The third-order valence-corrected chi connectivity index (χ3v) is 5.73. The molecule has 1 aromatic heterocycles. The maximum absolute atomic E-state index is 12.7. The van der Waals surface area contributed by atoms with Crippen LogP contribution in [0.25, 0.3) is 0 Å². The summed E-state index contributed by atoms with van der Waals surface area (Å²) in [5, 5.41) is 2.75. The molecule has 3 N–H and O–H groups in total. The fourth-order valence-electron chi connectivity index (χ4n) is 3.43. The highest BCUT2D eigenvalue weighted by Gasteiger charge is 2.29. The van der Waals surface area contributed by atoms with Gasteiger partial charge in [-0.1, -0.05) is 52.8 Å². The van der Waals surface area contributed by atoms with Crippen molar-refractivity contribution in [1.29, 1.82) is 0 Å². The first-order valence-corrected chi connectivity index (χ1v) is 10.8. The number of carbonyl (C=O) groups excluding carboxylic acids is 2. The average molecular weight is 429 g/mol. The maximum atomic E-state index is 12.7. The zero-order valence-corrected chi connectivity index (χ0v) is 19.7. The molecule has 0 aliphatic carbocycles. The van der Waals surface area contributed by atoms with Crippen molar-refractivity contribution in [2.45, 2.75) is 66.2 Å². The van der Waals surface area contributed by atoms with Gasteiger partial charge in [0.15, 0.2) is 0 Å². The molecule has 2 rings (SSSR count). The summed E-state index contributed by atoms with van der Waals surface area (Å²) in [6.07, 6.45) is 3.80. The van der Waals surface area contributed by atoms with Gasteiger partial charge in [-0.2, -0.15) is 0 Å². The second-order valence-electron chi connectivity index (χ2n) is 8.92. The number of benzene rings is 1. The molecule has 0 saturated carbocycles. The summed E-state index contributed by atoms with van der Waals surface area (Å²) in [7, 11) is 1.95. The number of hydrogen-bond acceptors (Lipinski definition) is 5. The summed E-state index contributed by atoms with van der Waals surface area (Å²) in [5.74, 6) is -0.810. The van der Waals surface area contributed by atoms with Crippen molar-refractivity contribution in [3.63, 3.8) is 0 Å². The maximum Gasteiger partial charge on any atom is 0.329 e. The van der Waals surface area contributed by atoms with Crippen molar-refractivity contribution < 1.29 is 14.3 Å². The average Bonchev–Trinajstić information content (AvgIpc) is 3.15. The van der Waals surface area contributed by atoms with Crippen molar-refractivity contribution in [2.24, 2.45) is 24.6 Å². The topological polar surface area (TPSA) is 99.2 Å². The zero-order chi connectivity index (χ0) is 23.3. The van der Waals surface area contributed by atoms with E-state index in [0.717, 1.165) is 22.4 Å². The first kappa shape index (κ1) is 24.6. The van der Waals surface area contributed by atoms with Gasteiger partial charge in [0.25, 0.3) is 0 Å². The third kappa shape index (κ3) is 6.17. The smallest absolute Gasteiger partial charge is 0.329 e. The highest BCUT2D eigenvalue weighted by Crippen LogP contribution is 2.27. The van der Waals surface area contributed by atoms with E-state index in [1.807, 2.05) is 64.6 Å². The monoisotopic (exact) mass is 428 g/mol. The molecule has 7 heteroatoms. The Morgan fingerprint density at radius 3 is 2.39 bits per heavy atom. The number of amides is 1. The number of nitrogens with one attached hydrogen (secondary N) is 1. The lowest BCUT2D eigenvalue weighted by atomic mass is 9.91. The molecule has 0 aliphatic heterocycles. The highest BCUT2D eigenvalue weighted by molar-refractivity contribution is 5.87. The second-order valence-corrected chi connectivity index (χ2v) is 8.92. The van der Waals surface area contributed by atoms with Crippen LogP contribution in [0.5, 0.6) is 0 Å². The molecule has 0 saturated heterocycles. The molecule has 7 nitrogen and oxygen atoms in total. The Kier molecular flexibility index (Phi) is 8.39. The molecule has 1 heterocycles. The number of esters is 1. The minimum atomic E-state index is -0.742. The van der Waals surface area contributed by atoms with Crippen LogP contribution in [0.4, 0.5) is 0 Å². The van der Waals surface area contributed by atoms with Crippen molar-refractivity contribution in [3.8, 4) is 0 Å². The summed E-state index contributed by atoms with van der Waals surface area (Å²) in [5.41, 5.74) is 10.1. The van der Waals surface area contributed by atoms with Gasteiger partial charge >= 0.3 is 5.97 Å². The predicted molar refractivity (Wildman–Crippen MR) is 121 cm³/mol. The summed E-state index contributed by atoms with van der Waals surface area (Å²) in [6.45, 7) is 11.8. The number of rotatable bonds is 9. The summed E-state index contributed by atoms with van der Waals surface area (Å²) >= 11 is 0. The molecule has 0 bridgehead atoms. The standard InChI is InChI=1S/C24H36N4O3/c1-14(2)21(25)23(29)27-22(15(3)4)24(30)31-12-18-9-8-10-19(16(18)5)17(6)20-11-28(7)13-26-20/h8-11,13-15,17,21-22H,12,25H2,1-7H3,(H,27,29)/t17-,21?,22?/m0/s1. The van der Waals surface area contributed by atoms with Gasteiger partial charge in [-0.15, -0.1) is 0 Å². The third-order valence-electron chi connectivity index (χ3n) is 5.73. The van der Waals surface area contributed by atoms with E-state index >= 15 is 0 Å². The van der Waals surface area contributed by atoms with Crippen LogP contribution in [0.3, 0.4) is 0 Å². The van der Waals surface area contributed by atoms with Gasteiger partial charge in [0.2, 0.25) is 5.91 Å². The summed E-state index contributed by atoms with van der Waals surface area (Å²) in [6, 6.07) is 4.59. The molecule has 0 spiro atoms. The number of nitrogens with zero attached hydrogens (tertiary/aromatic N) is 2. The lowest BCUT2D eigenvalue weighted by Crippen LogP contribution is -2.52. The fourth-order valence-corrected chi connectivity index (χ4v) is 3.43. The van der Waals surface area contributed by atoms with E-state index < -0.39 is 18.1 Å². The fraction of sp³-hybridized carbons (Fsp3) is 0.542. The van der Waals surface area contributed by atoms with Crippen molar-refractivity contribution >= 4 is 11.9 Å². The number of hydrogen-bond donors (Lipinski definition) is 2. The van der Waals surface area contributed by atoms with Crippen LogP contribution in [-0.2, 0) is 28.0 Å². The minimum absolute atomic E-state index is 0.0182. The van der Waals surface area contributed by atoms with E-state index in [-0.39, 0.29) is 30.3 Å². The Labute approximate surface area is 185 Å². The SMILES string of the molecule is Cc1c(COC(=O)C(NC(=O)C(N)C(C)C)C(C)C)cccc1[C@H](C)c1cn(C)cn1. The molecule has 1 amide bonds. The van der Waals surface area contributed by atoms with E-state index in [2.05, 4.69) is 23.3 Å². The van der Waals surface area contributed by atoms with Gasteiger partial charge in [0, 0.05) is 19.2 Å². The number of aryl methyl sites for hydroxylation is 1. The number of imidazole rings is 1. The lowest BCUT2D eigenvalue weighted by molar-refractivity contribution is -0.150. The normalized spacial score (nSPS) is 14.4. The van der Waals surface area contributed by atoms with Crippen LogP contribution in [0.15, 0.2) is 30.7 Å². The predicted octanol–water partition coefficient (Wildman–Crippen LogP) is 3.05. The van der Waals surface area contributed by atoms with E-state index in [9.17, 15) is 9.59 Å². The minimum Gasteiger partial charge on any atom is -0.459 e. The van der Waals surface area contributed by atoms with Crippen LogP contribution >= 0.6 is 0 Å². The first-order chi connectivity index (χ1) is 14.5. The summed E-state index contributed by atoms with van der Waals surface area (Å²) in [4.78, 5) is 29.5. The van der Waals surface area contributed by atoms with Crippen LogP contribution in [0.1, 0.15) is 62.9 Å². The molecular formula is C24H36N4O3. The molecular weight excluding hydrogens is 392 g/mol. The Hall–Kier alpha value is -2.67. The largest absolute Gasteiger partial charge is 0.459 e. The number of nitrogens with two attached hydrogens (primary N) is 1. The number of ether oxygens (including phenoxy) is 1. The number of carbonyl (C=O) groups is 2. The Morgan fingerprint density at radius 2 is 1.84 bits per heavy atom. The van der Waals surface area contributed by atoms with Crippen LogP contribution in [0.2, 0.25) is 0 Å². The van der Waals surface area contributed by atoms with Gasteiger partial charge in [0.05, 0.1) is 18.1 Å². The second kappa shape index (κ2) is 10.6. The first-order valence-electron chi connectivity index (χ1n) is 10.8. The van der Waals surface area contributed by atoms with Gasteiger partial charge in [-0.05, 0) is 35.4 Å². The van der Waals surface area contributed by atoms with Crippen LogP contribution in [0, 0.1) is 18.8 Å². The van der Waals surface area contributed by atoms with Gasteiger partial charge < -0.3 is 20.4 Å². The Balaban J connectivity index is 2.10. The molecule has 0 radical (unpaired) electrons. The quantitative estimate of drug-likeness (QED) is 0.598.